The molecule has 130 valence electrons. The Morgan fingerprint density at radius 1 is 0.731 bits per heavy atom. The van der Waals surface area contributed by atoms with Gasteiger partial charge in [-0.15, -0.1) is 22.7 Å². The summed E-state index contributed by atoms with van der Waals surface area (Å²) >= 11 is 3.19. The molecule has 0 aliphatic carbocycles. The van der Waals surface area contributed by atoms with Crippen molar-refractivity contribution in [2.45, 2.75) is 0 Å². The molecule has 2 aromatic heterocycles. The van der Waals surface area contributed by atoms with Crippen molar-refractivity contribution in [1.82, 2.24) is 9.97 Å². The molecule has 0 amide bonds. The fourth-order valence-electron chi connectivity index (χ4n) is 2.57. The molecule has 1 N–H and O–H groups in total. The standard InChI is InChI=1S/C20H17N3OS2/c1-23(2)15-7-3-13(4-8-15)17-11-25-19(21-17)20-22-18(12-26-20)14-5-9-16(24)10-6-14/h3-12,24H,1-2H3. The van der Waals surface area contributed by atoms with Crippen LogP contribution in [0, 0.1) is 0 Å². The van der Waals surface area contributed by atoms with E-state index >= 15 is 0 Å². The maximum absolute atomic E-state index is 9.42. The molecule has 0 unspecified atom stereocenters. The van der Waals surface area contributed by atoms with Crippen LogP contribution >= 0.6 is 22.7 Å². The van der Waals surface area contributed by atoms with E-state index in [-0.39, 0.29) is 5.75 Å². The summed E-state index contributed by atoms with van der Waals surface area (Å²) in [5, 5.41) is 15.3. The molecule has 4 aromatic rings. The van der Waals surface area contributed by atoms with Gasteiger partial charge in [-0.1, -0.05) is 12.1 Å². The number of aromatic hydroxyl groups is 1. The van der Waals surface area contributed by atoms with Gasteiger partial charge in [0.1, 0.15) is 5.75 Å². The molecule has 0 saturated heterocycles. The molecular formula is C20H17N3OS2. The molecule has 0 aliphatic rings. The van der Waals surface area contributed by atoms with Gasteiger partial charge in [-0.05, 0) is 36.4 Å². The van der Waals surface area contributed by atoms with Crippen LogP contribution in [0.5, 0.6) is 5.75 Å². The molecular weight excluding hydrogens is 362 g/mol. The third-order valence-electron chi connectivity index (χ3n) is 4.03. The SMILES string of the molecule is CN(C)c1ccc(-c2csc(-c3nc(-c4ccc(O)cc4)cs3)n2)cc1. The van der Waals surface area contributed by atoms with Crippen molar-refractivity contribution in [2.24, 2.45) is 0 Å². The molecule has 6 heteroatoms. The molecule has 0 bridgehead atoms. The minimum Gasteiger partial charge on any atom is -0.508 e. The topological polar surface area (TPSA) is 49.2 Å². The molecule has 2 heterocycles. The minimum atomic E-state index is 0.258. The first-order valence-electron chi connectivity index (χ1n) is 8.09. The summed E-state index contributed by atoms with van der Waals surface area (Å²) in [6.07, 6.45) is 0. The summed E-state index contributed by atoms with van der Waals surface area (Å²) in [6, 6.07) is 15.5. The number of hydrogen-bond donors (Lipinski definition) is 1. The highest BCUT2D eigenvalue weighted by atomic mass is 32.1. The Hall–Kier alpha value is -2.70. The lowest BCUT2D eigenvalue weighted by Crippen LogP contribution is -2.07. The summed E-state index contributed by atoms with van der Waals surface area (Å²) in [5.41, 5.74) is 5.13. The first-order chi connectivity index (χ1) is 12.6. The first-order valence-corrected chi connectivity index (χ1v) is 9.85. The van der Waals surface area contributed by atoms with Gasteiger partial charge in [0.15, 0.2) is 10.0 Å². The number of hydrogen-bond acceptors (Lipinski definition) is 6. The Bertz CT molecular complexity index is 1020. The third-order valence-corrected chi connectivity index (χ3v) is 5.86. The second kappa shape index (κ2) is 6.90. The van der Waals surface area contributed by atoms with Gasteiger partial charge in [0.25, 0.3) is 0 Å². The molecule has 0 aliphatic heterocycles. The normalized spacial score (nSPS) is 10.8. The zero-order valence-electron chi connectivity index (χ0n) is 14.4. The zero-order chi connectivity index (χ0) is 18.1. The van der Waals surface area contributed by atoms with Crippen LogP contribution in [-0.2, 0) is 0 Å². The van der Waals surface area contributed by atoms with Crippen molar-refractivity contribution >= 4 is 28.4 Å². The number of phenolic OH excluding ortho intramolecular Hbond substituents is 1. The van der Waals surface area contributed by atoms with Crippen LogP contribution in [0.25, 0.3) is 32.5 Å². The number of phenols is 1. The highest BCUT2D eigenvalue weighted by Gasteiger charge is 2.12. The van der Waals surface area contributed by atoms with Crippen LogP contribution in [0.1, 0.15) is 0 Å². The van der Waals surface area contributed by atoms with Gasteiger partial charge in [-0.3, -0.25) is 0 Å². The van der Waals surface area contributed by atoms with Gasteiger partial charge in [-0.25, -0.2) is 9.97 Å². The monoisotopic (exact) mass is 379 g/mol. The van der Waals surface area contributed by atoms with Crippen LogP contribution < -0.4 is 4.90 Å². The maximum atomic E-state index is 9.42. The molecule has 4 rings (SSSR count). The quantitative estimate of drug-likeness (QED) is 0.518. The molecule has 0 fully saturated rings. The average molecular weight is 380 g/mol. The van der Waals surface area contributed by atoms with E-state index in [1.807, 2.05) is 31.6 Å². The van der Waals surface area contributed by atoms with Gasteiger partial charge in [-0.2, -0.15) is 0 Å². The summed E-state index contributed by atoms with van der Waals surface area (Å²) in [7, 11) is 4.06. The number of thiazole rings is 2. The predicted octanol–water partition coefficient (Wildman–Crippen LogP) is 5.37. The van der Waals surface area contributed by atoms with Crippen LogP contribution in [0.4, 0.5) is 5.69 Å². The lowest BCUT2D eigenvalue weighted by molar-refractivity contribution is 0.475. The van der Waals surface area contributed by atoms with E-state index in [1.54, 1.807) is 34.8 Å². The van der Waals surface area contributed by atoms with Crippen LogP contribution in [0.2, 0.25) is 0 Å². The van der Waals surface area contributed by atoms with E-state index < -0.39 is 0 Å². The van der Waals surface area contributed by atoms with Crippen molar-refractivity contribution in [3.8, 4) is 38.3 Å². The van der Waals surface area contributed by atoms with Gasteiger partial charge in [0.05, 0.1) is 11.4 Å². The van der Waals surface area contributed by atoms with Crippen molar-refractivity contribution in [3.63, 3.8) is 0 Å². The lowest BCUT2D eigenvalue weighted by atomic mass is 10.1. The number of benzene rings is 2. The Balaban J connectivity index is 1.59. The van der Waals surface area contributed by atoms with Crippen molar-refractivity contribution in [2.75, 3.05) is 19.0 Å². The van der Waals surface area contributed by atoms with E-state index in [2.05, 4.69) is 34.5 Å². The van der Waals surface area contributed by atoms with E-state index in [9.17, 15) is 5.11 Å². The number of nitrogens with zero attached hydrogens (tertiary/aromatic N) is 3. The van der Waals surface area contributed by atoms with Gasteiger partial charge >= 0.3 is 0 Å². The second-order valence-corrected chi connectivity index (χ2v) is 7.78. The highest BCUT2D eigenvalue weighted by Crippen LogP contribution is 2.34. The smallest absolute Gasteiger partial charge is 0.152 e. The molecule has 0 atom stereocenters. The van der Waals surface area contributed by atoms with Gasteiger partial charge in [0, 0.05) is 41.7 Å². The summed E-state index contributed by atoms with van der Waals surface area (Å²) in [6.45, 7) is 0. The Morgan fingerprint density at radius 3 is 1.65 bits per heavy atom. The van der Waals surface area contributed by atoms with Crippen molar-refractivity contribution in [3.05, 3.63) is 59.3 Å². The highest BCUT2D eigenvalue weighted by molar-refractivity contribution is 7.20. The number of anilines is 1. The van der Waals surface area contributed by atoms with Crippen LogP contribution in [0.15, 0.2) is 59.3 Å². The minimum absolute atomic E-state index is 0.258. The van der Waals surface area contributed by atoms with E-state index in [0.29, 0.717) is 0 Å². The summed E-state index contributed by atoms with van der Waals surface area (Å²) < 4.78 is 0. The Morgan fingerprint density at radius 2 is 1.19 bits per heavy atom. The first kappa shape index (κ1) is 16.8. The zero-order valence-corrected chi connectivity index (χ0v) is 16.0. The Kier molecular flexibility index (Phi) is 4.44. The average Bonchev–Trinajstić information content (AvgIpc) is 3.32. The molecule has 0 saturated carbocycles. The Labute approximate surface area is 160 Å². The molecule has 0 spiro atoms. The molecule has 0 radical (unpaired) electrons. The fraction of sp³-hybridized carbons (Fsp3) is 0.100. The fourth-order valence-corrected chi connectivity index (χ4v) is 4.28. The second-order valence-electron chi connectivity index (χ2n) is 6.06. The van der Waals surface area contributed by atoms with E-state index in [0.717, 1.165) is 32.5 Å². The third kappa shape index (κ3) is 3.34. The largest absolute Gasteiger partial charge is 0.508 e. The molecule has 26 heavy (non-hydrogen) atoms. The van der Waals surface area contributed by atoms with E-state index in [4.69, 9.17) is 9.97 Å². The van der Waals surface area contributed by atoms with Crippen LogP contribution in [-0.4, -0.2) is 29.2 Å². The number of rotatable bonds is 4. The molecule has 2 aromatic carbocycles. The van der Waals surface area contributed by atoms with Crippen molar-refractivity contribution in [1.29, 1.82) is 0 Å². The van der Waals surface area contributed by atoms with Gasteiger partial charge < -0.3 is 10.0 Å². The van der Waals surface area contributed by atoms with Crippen LogP contribution in [0.3, 0.4) is 0 Å². The van der Waals surface area contributed by atoms with E-state index in [1.165, 1.54) is 5.69 Å². The molecule has 4 nitrogen and oxygen atoms in total. The van der Waals surface area contributed by atoms with Crippen molar-refractivity contribution < 1.29 is 5.11 Å². The summed E-state index contributed by atoms with van der Waals surface area (Å²) in [5.74, 6) is 0.258. The lowest BCUT2D eigenvalue weighted by Gasteiger charge is -2.12. The van der Waals surface area contributed by atoms with Gasteiger partial charge in [0.2, 0.25) is 0 Å². The predicted molar refractivity (Wildman–Crippen MR) is 110 cm³/mol. The maximum Gasteiger partial charge on any atom is 0.152 e. The summed E-state index contributed by atoms with van der Waals surface area (Å²) in [4.78, 5) is 11.5. The number of aromatic nitrogens is 2.